The van der Waals surface area contributed by atoms with Crippen LogP contribution in [0, 0.1) is 6.92 Å². The number of halogens is 2. The Morgan fingerprint density at radius 1 is 0.800 bits per heavy atom. The normalized spacial score (nSPS) is 11.9. The van der Waals surface area contributed by atoms with Gasteiger partial charge in [0.15, 0.2) is 0 Å². The van der Waals surface area contributed by atoms with E-state index in [4.69, 9.17) is 23.2 Å². The summed E-state index contributed by atoms with van der Waals surface area (Å²) in [7, 11) is -4.20. The van der Waals surface area contributed by atoms with Gasteiger partial charge in [-0.3, -0.25) is 13.9 Å². The highest BCUT2D eigenvalue weighted by Gasteiger charge is 2.34. The predicted molar refractivity (Wildman–Crippen MR) is 181 cm³/mol. The molecule has 0 radical (unpaired) electrons. The van der Waals surface area contributed by atoms with Gasteiger partial charge in [-0.15, -0.1) is 0 Å². The smallest absolute Gasteiger partial charge is 0.264 e. The van der Waals surface area contributed by atoms with Gasteiger partial charge < -0.3 is 10.2 Å². The number of hydrogen-bond acceptors (Lipinski definition) is 4. The molecule has 4 aromatic carbocycles. The first-order valence-electron chi connectivity index (χ1n) is 14.8. The zero-order valence-electron chi connectivity index (χ0n) is 25.3. The molecular formula is C35H37Cl2N3O4S. The molecular weight excluding hydrogens is 629 g/mol. The van der Waals surface area contributed by atoms with Gasteiger partial charge in [0.05, 0.1) is 10.6 Å². The number of sulfonamides is 1. The minimum atomic E-state index is -4.20. The van der Waals surface area contributed by atoms with E-state index in [2.05, 4.69) is 5.32 Å². The van der Waals surface area contributed by atoms with Crippen LogP contribution in [0.5, 0.6) is 0 Å². The van der Waals surface area contributed by atoms with E-state index in [-0.39, 0.29) is 23.8 Å². The van der Waals surface area contributed by atoms with Gasteiger partial charge in [-0.1, -0.05) is 96.7 Å². The molecule has 4 rings (SSSR count). The number of aryl methyl sites for hydroxylation is 1. The summed E-state index contributed by atoms with van der Waals surface area (Å²) in [5, 5.41) is 3.91. The van der Waals surface area contributed by atoms with Crippen LogP contribution in [0.4, 0.5) is 5.69 Å². The molecule has 0 saturated heterocycles. The predicted octanol–water partition coefficient (Wildman–Crippen LogP) is 7.05. The molecule has 4 aromatic rings. The second-order valence-electron chi connectivity index (χ2n) is 10.8. The van der Waals surface area contributed by atoms with Crippen molar-refractivity contribution in [3.63, 3.8) is 0 Å². The summed E-state index contributed by atoms with van der Waals surface area (Å²) >= 11 is 12.2. The van der Waals surface area contributed by atoms with E-state index in [1.165, 1.54) is 29.2 Å². The van der Waals surface area contributed by atoms with Gasteiger partial charge in [0.1, 0.15) is 12.6 Å². The standard InChI is InChI=1S/C35H37Cl2N3O4S/c1-3-4-22-38-35(42)33(23-27-8-6-5-7-9-27)39(24-28-12-14-29(36)15-13-28)34(41)25-40(31-18-10-26(2)11-19-31)45(43,44)32-20-16-30(37)17-21-32/h5-21,33H,3-4,22-25H2,1-2H3,(H,38,42)/t33-/m0/s1. The average molecular weight is 667 g/mol. The highest BCUT2D eigenvalue weighted by Crippen LogP contribution is 2.26. The molecule has 2 amide bonds. The summed E-state index contributed by atoms with van der Waals surface area (Å²) in [5.41, 5.74) is 2.87. The van der Waals surface area contributed by atoms with Crippen molar-refractivity contribution in [1.82, 2.24) is 10.2 Å². The molecule has 45 heavy (non-hydrogen) atoms. The molecule has 236 valence electrons. The quantitative estimate of drug-likeness (QED) is 0.146. The fourth-order valence-electron chi connectivity index (χ4n) is 4.82. The second kappa shape index (κ2) is 15.9. The fourth-order valence-corrected chi connectivity index (χ4v) is 6.49. The van der Waals surface area contributed by atoms with Crippen LogP contribution in [0.1, 0.15) is 36.5 Å². The Hall–Kier alpha value is -3.85. The highest BCUT2D eigenvalue weighted by molar-refractivity contribution is 7.92. The maximum Gasteiger partial charge on any atom is 0.264 e. The fraction of sp³-hybridized carbons (Fsp3) is 0.257. The molecule has 0 spiro atoms. The number of anilines is 1. The molecule has 0 bridgehead atoms. The van der Waals surface area contributed by atoms with Crippen molar-refractivity contribution in [2.75, 3.05) is 17.4 Å². The van der Waals surface area contributed by atoms with Gasteiger partial charge in [-0.2, -0.15) is 0 Å². The number of carbonyl (C=O) groups is 2. The molecule has 1 atom stereocenters. The summed E-state index contributed by atoms with van der Waals surface area (Å²) in [5.74, 6) is -0.841. The van der Waals surface area contributed by atoms with Crippen molar-refractivity contribution in [3.05, 3.63) is 130 Å². The maximum atomic E-state index is 14.5. The molecule has 0 heterocycles. The summed E-state index contributed by atoms with van der Waals surface area (Å²) in [6.07, 6.45) is 1.92. The number of unbranched alkanes of at least 4 members (excludes halogenated alkanes) is 1. The first-order valence-corrected chi connectivity index (χ1v) is 17.0. The van der Waals surface area contributed by atoms with Crippen LogP contribution in [-0.2, 0) is 32.6 Å². The van der Waals surface area contributed by atoms with E-state index in [1.807, 2.05) is 44.2 Å². The minimum absolute atomic E-state index is 0.0114. The van der Waals surface area contributed by atoms with Gasteiger partial charge in [-0.05, 0) is 73.0 Å². The molecule has 0 fully saturated rings. The van der Waals surface area contributed by atoms with Crippen LogP contribution in [0.2, 0.25) is 10.0 Å². The number of benzene rings is 4. The van der Waals surface area contributed by atoms with E-state index in [0.717, 1.165) is 33.8 Å². The lowest BCUT2D eigenvalue weighted by Crippen LogP contribution is -2.53. The van der Waals surface area contributed by atoms with Crippen molar-refractivity contribution in [2.45, 2.75) is 50.6 Å². The topological polar surface area (TPSA) is 86.8 Å². The molecule has 10 heteroatoms. The van der Waals surface area contributed by atoms with Crippen LogP contribution < -0.4 is 9.62 Å². The molecule has 0 aromatic heterocycles. The molecule has 0 aliphatic carbocycles. The molecule has 0 aliphatic heterocycles. The van der Waals surface area contributed by atoms with E-state index in [1.54, 1.807) is 48.5 Å². The Morgan fingerprint density at radius 3 is 2.00 bits per heavy atom. The lowest BCUT2D eigenvalue weighted by atomic mass is 10.0. The molecule has 1 N–H and O–H groups in total. The number of nitrogens with zero attached hydrogens (tertiary/aromatic N) is 2. The Labute approximate surface area is 275 Å². The van der Waals surface area contributed by atoms with Crippen molar-refractivity contribution in [2.24, 2.45) is 0 Å². The van der Waals surface area contributed by atoms with Gasteiger partial charge in [0.25, 0.3) is 10.0 Å². The van der Waals surface area contributed by atoms with E-state index in [0.29, 0.717) is 22.3 Å². The van der Waals surface area contributed by atoms with Crippen LogP contribution in [0.25, 0.3) is 0 Å². The van der Waals surface area contributed by atoms with Crippen molar-refractivity contribution in [1.29, 1.82) is 0 Å². The molecule has 0 unspecified atom stereocenters. The Balaban J connectivity index is 1.78. The zero-order chi connectivity index (χ0) is 32.4. The van der Waals surface area contributed by atoms with Crippen LogP contribution >= 0.6 is 23.2 Å². The lowest BCUT2D eigenvalue weighted by Gasteiger charge is -2.34. The molecule has 0 saturated carbocycles. The third kappa shape index (κ3) is 9.33. The SMILES string of the molecule is CCCCNC(=O)[C@H](Cc1ccccc1)N(Cc1ccc(Cl)cc1)C(=O)CN(c1ccc(C)cc1)S(=O)(=O)c1ccc(Cl)cc1. The number of carbonyl (C=O) groups excluding carboxylic acids is 2. The van der Waals surface area contributed by atoms with Crippen LogP contribution in [0.15, 0.2) is 108 Å². The third-order valence-electron chi connectivity index (χ3n) is 7.37. The number of rotatable bonds is 14. The average Bonchev–Trinajstić information content (AvgIpc) is 3.03. The summed E-state index contributed by atoms with van der Waals surface area (Å²) < 4.78 is 29.2. The number of amides is 2. The Kier molecular flexibility index (Phi) is 12.0. The lowest BCUT2D eigenvalue weighted by molar-refractivity contribution is -0.140. The van der Waals surface area contributed by atoms with Crippen molar-refractivity contribution in [3.8, 4) is 0 Å². The first-order chi connectivity index (χ1) is 21.6. The van der Waals surface area contributed by atoms with E-state index in [9.17, 15) is 18.0 Å². The summed E-state index contributed by atoms with van der Waals surface area (Å²) in [4.78, 5) is 29.7. The third-order valence-corrected chi connectivity index (χ3v) is 9.66. The Morgan fingerprint density at radius 2 is 1.40 bits per heavy atom. The second-order valence-corrected chi connectivity index (χ2v) is 13.5. The monoisotopic (exact) mass is 665 g/mol. The van der Waals surface area contributed by atoms with Crippen molar-refractivity contribution >= 4 is 50.7 Å². The largest absolute Gasteiger partial charge is 0.354 e. The highest BCUT2D eigenvalue weighted by atomic mass is 35.5. The Bertz CT molecular complexity index is 1670. The van der Waals surface area contributed by atoms with Gasteiger partial charge in [0, 0.05) is 29.6 Å². The first kappa shape index (κ1) is 34.0. The van der Waals surface area contributed by atoms with Gasteiger partial charge in [0.2, 0.25) is 11.8 Å². The number of hydrogen-bond donors (Lipinski definition) is 1. The zero-order valence-corrected chi connectivity index (χ0v) is 27.7. The molecule has 0 aliphatic rings. The number of nitrogens with one attached hydrogen (secondary N) is 1. The van der Waals surface area contributed by atoms with Gasteiger partial charge in [-0.25, -0.2) is 8.42 Å². The van der Waals surface area contributed by atoms with Gasteiger partial charge >= 0.3 is 0 Å². The van der Waals surface area contributed by atoms with E-state index >= 15 is 0 Å². The molecule has 7 nitrogen and oxygen atoms in total. The van der Waals surface area contributed by atoms with Crippen LogP contribution in [0.3, 0.4) is 0 Å². The maximum absolute atomic E-state index is 14.5. The van der Waals surface area contributed by atoms with Crippen LogP contribution in [-0.4, -0.2) is 44.3 Å². The summed E-state index contributed by atoms with van der Waals surface area (Å²) in [6.45, 7) is 3.92. The minimum Gasteiger partial charge on any atom is -0.354 e. The van der Waals surface area contributed by atoms with Crippen molar-refractivity contribution < 1.29 is 18.0 Å². The summed E-state index contributed by atoms with van der Waals surface area (Å²) in [6, 6.07) is 28.3. The van der Waals surface area contributed by atoms with E-state index < -0.39 is 28.5 Å².